The van der Waals surface area contributed by atoms with E-state index in [1.54, 1.807) is 24.7 Å². The van der Waals surface area contributed by atoms with Crippen LogP contribution in [0, 0.1) is 11.7 Å². The number of aromatic nitrogens is 3. The number of nitrogens with one attached hydrogen (secondary N) is 1. The van der Waals surface area contributed by atoms with Gasteiger partial charge in [0.1, 0.15) is 5.82 Å². The quantitative estimate of drug-likeness (QED) is 0.752. The maximum Gasteiger partial charge on any atom is 0.252 e. The van der Waals surface area contributed by atoms with Crippen LogP contribution in [-0.2, 0) is 6.54 Å². The second-order valence-corrected chi connectivity index (χ2v) is 6.76. The number of hydrogen-bond acceptors (Lipinski definition) is 4. The van der Waals surface area contributed by atoms with Crippen LogP contribution in [0.25, 0.3) is 10.8 Å². The second kappa shape index (κ2) is 6.84. The third kappa shape index (κ3) is 3.30. The number of halogens is 1. The van der Waals surface area contributed by atoms with Gasteiger partial charge in [0, 0.05) is 36.7 Å². The predicted molar refractivity (Wildman–Crippen MR) is 93.9 cm³/mol. The topological polar surface area (TPSA) is 80.0 Å². The molecule has 0 spiro atoms. The summed E-state index contributed by atoms with van der Waals surface area (Å²) in [5.74, 6) is -0.648. The molecule has 1 fully saturated rings. The zero-order chi connectivity index (χ0) is 18.1. The first-order chi connectivity index (χ1) is 12.6. The highest BCUT2D eigenvalue weighted by Crippen LogP contribution is 2.28. The van der Waals surface area contributed by atoms with Crippen LogP contribution in [0.1, 0.15) is 23.2 Å². The first-order valence-corrected chi connectivity index (χ1v) is 8.60. The lowest BCUT2D eigenvalue weighted by Crippen LogP contribution is -2.40. The van der Waals surface area contributed by atoms with E-state index in [0.717, 1.165) is 0 Å². The largest absolute Gasteiger partial charge is 0.391 e. The van der Waals surface area contributed by atoms with Crippen LogP contribution in [0.3, 0.4) is 0 Å². The lowest BCUT2D eigenvalue weighted by molar-refractivity contribution is 0.0874. The molecule has 26 heavy (non-hydrogen) atoms. The lowest BCUT2D eigenvalue weighted by atomic mass is 10.0. The molecule has 1 unspecified atom stereocenters. The molecule has 3 aromatic rings. The van der Waals surface area contributed by atoms with Gasteiger partial charge in [0.25, 0.3) is 5.91 Å². The number of nitrogens with zero attached hydrogens (tertiary/aromatic N) is 3. The number of benzene rings is 1. The first-order valence-electron chi connectivity index (χ1n) is 8.60. The Morgan fingerprint density at radius 1 is 1.35 bits per heavy atom. The van der Waals surface area contributed by atoms with E-state index in [0.29, 0.717) is 30.2 Å². The monoisotopic (exact) mass is 354 g/mol. The number of carbonyl (C=O) groups is 1. The minimum absolute atomic E-state index is 0.223. The van der Waals surface area contributed by atoms with Crippen molar-refractivity contribution in [2.75, 3.05) is 0 Å². The van der Waals surface area contributed by atoms with Gasteiger partial charge >= 0.3 is 0 Å². The average Bonchev–Trinajstić information content (AvgIpc) is 3.24. The Kier molecular flexibility index (Phi) is 4.38. The van der Waals surface area contributed by atoms with Crippen LogP contribution in [-0.4, -0.2) is 37.9 Å². The van der Waals surface area contributed by atoms with E-state index in [1.165, 1.54) is 12.1 Å². The Morgan fingerprint density at radius 3 is 3.04 bits per heavy atom. The molecule has 1 aliphatic carbocycles. The normalized spacial score (nSPS) is 22.6. The Hall–Kier alpha value is -2.80. The van der Waals surface area contributed by atoms with Crippen LogP contribution >= 0.6 is 0 Å². The number of carbonyl (C=O) groups excluding carboxylic acids is 1. The van der Waals surface area contributed by atoms with E-state index in [1.807, 2.05) is 16.9 Å². The summed E-state index contributed by atoms with van der Waals surface area (Å²) in [6.45, 7) is 0.698. The lowest BCUT2D eigenvalue weighted by Gasteiger charge is -2.17. The van der Waals surface area contributed by atoms with Gasteiger partial charge in [-0.2, -0.15) is 5.10 Å². The maximum absolute atomic E-state index is 13.9. The van der Waals surface area contributed by atoms with Crippen LogP contribution in [0.5, 0.6) is 0 Å². The van der Waals surface area contributed by atoms with E-state index >= 15 is 0 Å². The molecule has 0 radical (unpaired) electrons. The van der Waals surface area contributed by atoms with Gasteiger partial charge in [-0.25, -0.2) is 4.39 Å². The molecule has 0 saturated heterocycles. The third-order valence-corrected chi connectivity index (χ3v) is 4.91. The molecule has 1 saturated carbocycles. The zero-order valence-corrected chi connectivity index (χ0v) is 14.0. The summed E-state index contributed by atoms with van der Waals surface area (Å²) in [6, 6.07) is 5.74. The molecule has 3 atom stereocenters. The molecule has 1 amide bonds. The minimum Gasteiger partial charge on any atom is -0.391 e. The molecule has 2 heterocycles. The van der Waals surface area contributed by atoms with Gasteiger partial charge in [-0.15, -0.1) is 0 Å². The molecule has 0 aliphatic heterocycles. The molecule has 4 rings (SSSR count). The average molecular weight is 354 g/mol. The van der Waals surface area contributed by atoms with E-state index < -0.39 is 17.8 Å². The number of aliphatic hydroxyl groups is 1. The van der Waals surface area contributed by atoms with Crippen LogP contribution in [0.15, 0.2) is 49.1 Å². The van der Waals surface area contributed by atoms with Crippen molar-refractivity contribution in [3.8, 4) is 0 Å². The molecule has 0 bridgehead atoms. The predicted octanol–water partition coefficient (Wildman–Crippen LogP) is 2.14. The Labute approximate surface area is 149 Å². The highest BCUT2D eigenvalue weighted by Gasteiger charge is 2.34. The van der Waals surface area contributed by atoms with Gasteiger partial charge in [-0.05, 0) is 48.4 Å². The second-order valence-electron chi connectivity index (χ2n) is 6.76. The fourth-order valence-electron chi connectivity index (χ4n) is 3.69. The first kappa shape index (κ1) is 16.7. The number of pyridine rings is 1. The highest BCUT2D eigenvalue weighted by molar-refractivity contribution is 6.06. The molecular weight excluding hydrogens is 335 g/mol. The van der Waals surface area contributed by atoms with Gasteiger partial charge < -0.3 is 10.4 Å². The number of hydrogen-bond donors (Lipinski definition) is 2. The van der Waals surface area contributed by atoms with E-state index in [-0.39, 0.29) is 17.5 Å². The van der Waals surface area contributed by atoms with Gasteiger partial charge in [0.2, 0.25) is 0 Å². The SMILES string of the molecule is O=C(N[C@@H]1CC(Cn2cccn2)C[C@H]1O)c1cc(F)cc2ccncc12. The standard InChI is InChI=1S/C19H19FN4O2/c20-14-8-13-2-4-21-10-16(13)15(9-14)19(26)23-17-6-12(7-18(17)25)11-24-5-1-3-22-24/h1-5,8-10,12,17-18,25H,6-7,11H2,(H,23,26)/t12?,17-,18-/m1/s1. The van der Waals surface area contributed by atoms with Crippen LogP contribution < -0.4 is 5.32 Å². The van der Waals surface area contributed by atoms with Gasteiger partial charge in [0.15, 0.2) is 0 Å². The maximum atomic E-state index is 13.9. The van der Waals surface area contributed by atoms with Gasteiger partial charge in [-0.1, -0.05) is 0 Å². The fourth-order valence-corrected chi connectivity index (χ4v) is 3.69. The summed E-state index contributed by atoms with van der Waals surface area (Å²) in [5.41, 5.74) is 0.232. The number of amides is 1. The van der Waals surface area contributed by atoms with Gasteiger partial charge in [0.05, 0.1) is 17.7 Å². The third-order valence-electron chi connectivity index (χ3n) is 4.91. The number of fused-ring (bicyclic) bond motifs is 1. The molecule has 134 valence electrons. The van der Waals surface area contributed by atoms with E-state index in [9.17, 15) is 14.3 Å². The summed E-state index contributed by atoms with van der Waals surface area (Å²) < 4.78 is 15.7. The van der Waals surface area contributed by atoms with Crippen molar-refractivity contribution < 1.29 is 14.3 Å². The molecule has 1 aromatic carbocycles. The van der Waals surface area contributed by atoms with Gasteiger partial charge in [-0.3, -0.25) is 14.5 Å². The Bertz CT molecular complexity index is 928. The van der Waals surface area contributed by atoms with Crippen molar-refractivity contribution in [1.29, 1.82) is 0 Å². The molecular formula is C19H19FN4O2. The van der Waals surface area contributed by atoms with E-state index in [2.05, 4.69) is 15.4 Å². The zero-order valence-electron chi connectivity index (χ0n) is 14.0. The van der Waals surface area contributed by atoms with Crippen molar-refractivity contribution in [1.82, 2.24) is 20.1 Å². The Morgan fingerprint density at radius 2 is 2.23 bits per heavy atom. The molecule has 1 aliphatic rings. The van der Waals surface area contributed by atoms with Crippen molar-refractivity contribution in [3.05, 3.63) is 60.4 Å². The summed E-state index contributed by atoms with van der Waals surface area (Å²) in [5, 5.41) is 18.6. The summed E-state index contributed by atoms with van der Waals surface area (Å²) >= 11 is 0. The summed E-state index contributed by atoms with van der Waals surface area (Å²) in [7, 11) is 0. The number of aliphatic hydroxyl groups excluding tert-OH is 1. The van der Waals surface area contributed by atoms with E-state index in [4.69, 9.17) is 0 Å². The van der Waals surface area contributed by atoms with Crippen molar-refractivity contribution >= 4 is 16.7 Å². The molecule has 7 heteroatoms. The smallest absolute Gasteiger partial charge is 0.252 e. The Balaban J connectivity index is 1.50. The fraction of sp³-hybridized carbons (Fsp3) is 0.316. The summed E-state index contributed by atoms with van der Waals surface area (Å²) in [6.07, 6.45) is 7.32. The highest BCUT2D eigenvalue weighted by atomic mass is 19.1. The van der Waals surface area contributed by atoms with Crippen LogP contribution in [0.2, 0.25) is 0 Å². The van der Waals surface area contributed by atoms with Crippen molar-refractivity contribution in [2.24, 2.45) is 5.92 Å². The molecule has 2 aromatic heterocycles. The van der Waals surface area contributed by atoms with Crippen molar-refractivity contribution in [3.63, 3.8) is 0 Å². The minimum atomic E-state index is -0.627. The molecule has 2 N–H and O–H groups in total. The summed E-state index contributed by atoms with van der Waals surface area (Å²) in [4.78, 5) is 16.7. The van der Waals surface area contributed by atoms with Crippen LogP contribution in [0.4, 0.5) is 4.39 Å². The van der Waals surface area contributed by atoms with Crippen molar-refractivity contribution in [2.45, 2.75) is 31.5 Å². The number of rotatable bonds is 4. The molecule has 6 nitrogen and oxygen atoms in total.